The highest BCUT2D eigenvalue weighted by molar-refractivity contribution is 7.99. The lowest BCUT2D eigenvalue weighted by atomic mass is 10.2. The van der Waals surface area contributed by atoms with E-state index in [2.05, 4.69) is 0 Å². The van der Waals surface area contributed by atoms with Gasteiger partial charge < -0.3 is 10.5 Å². The minimum absolute atomic E-state index is 0.183. The van der Waals surface area contributed by atoms with Gasteiger partial charge in [0.25, 0.3) is 0 Å². The molecule has 1 rings (SSSR count). The summed E-state index contributed by atoms with van der Waals surface area (Å²) >= 11 is 1.50. The smallest absolute Gasteiger partial charge is 0.316 e. The highest BCUT2D eigenvalue weighted by atomic mass is 32.2. The predicted molar refractivity (Wildman–Crippen MR) is 62.6 cm³/mol. The highest BCUT2D eigenvalue weighted by Crippen LogP contribution is 2.03. The lowest BCUT2D eigenvalue weighted by Gasteiger charge is -2.04. The van der Waals surface area contributed by atoms with E-state index in [1.54, 1.807) is 0 Å². The first-order valence-electron chi connectivity index (χ1n) is 4.80. The second-order valence-electron chi connectivity index (χ2n) is 2.99. The topological polar surface area (TPSA) is 52.3 Å². The molecule has 1 aromatic carbocycles. The van der Waals surface area contributed by atoms with Crippen LogP contribution in [0.4, 0.5) is 0 Å². The Hall–Kier alpha value is -1.00. The molecule has 0 unspecified atom stereocenters. The maximum Gasteiger partial charge on any atom is 0.316 e. The molecular weight excluding hydrogens is 210 g/mol. The number of benzene rings is 1. The Bertz CT molecular complexity index is 290. The molecule has 0 amide bonds. The fourth-order valence-corrected chi connectivity index (χ4v) is 1.58. The second kappa shape index (κ2) is 7.31. The average Bonchev–Trinajstić information content (AvgIpc) is 2.28. The van der Waals surface area contributed by atoms with Crippen molar-refractivity contribution < 1.29 is 9.53 Å². The van der Waals surface area contributed by atoms with Crippen LogP contribution in [0.15, 0.2) is 30.3 Å². The molecular formula is C11H15NO2S. The van der Waals surface area contributed by atoms with E-state index in [-0.39, 0.29) is 5.97 Å². The molecule has 15 heavy (non-hydrogen) atoms. The fraction of sp³-hybridized carbons (Fsp3) is 0.364. The van der Waals surface area contributed by atoms with Crippen LogP contribution in [0.1, 0.15) is 5.56 Å². The maximum atomic E-state index is 11.2. The maximum absolute atomic E-state index is 11.2. The van der Waals surface area contributed by atoms with Gasteiger partial charge in [0.2, 0.25) is 0 Å². The van der Waals surface area contributed by atoms with Crippen molar-refractivity contribution >= 4 is 17.7 Å². The van der Waals surface area contributed by atoms with Crippen LogP contribution in [-0.4, -0.2) is 24.0 Å². The van der Waals surface area contributed by atoms with Crippen LogP contribution in [0.3, 0.4) is 0 Å². The molecule has 1 aromatic rings. The van der Waals surface area contributed by atoms with E-state index in [1.165, 1.54) is 11.8 Å². The number of carbonyl (C=O) groups excluding carboxylic acids is 1. The van der Waals surface area contributed by atoms with Crippen LogP contribution in [-0.2, 0) is 16.1 Å². The molecule has 0 heterocycles. The van der Waals surface area contributed by atoms with Crippen molar-refractivity contribution in [1.29, 1.82) is 0 Å². The largest absolute Gasteiger partial charge is 0.460 e. The monoisotopic (exact) mass is 225 g/mol. The number of hydrogen-bond donors (Lipinski definition) is 1. The molecule has 0 aliphatic rings. The van der Waals surface area contributed by atoms with Gasteiger partial charge in [-0.3, -0.25) is 4.79 Å². The Balaban J connectivity index is 2.17. The molecule has 0 fully saturated rings. The Morgan fingerprint density at radius 3 is 2.73 bits per heavy atom. The summed E-state index contributed by atoms with van der Waals surface area (Å²) < 4.78 is 5.07. The SMILES string of the molecule is NCCSCC(=O)OCc1ccccc1. The molecule has 2 N–H and O–H groups in total. The molecule has 0 aliphatic carbocycles. The molecule has 0 saturated heterocycles. The van der Waals surface area contributed by atoms with Gasteiger partial charge in [-0.1, -0.05) is 30.3 Å². The summed E-state index contributed by atoms with van der Waals surface area (Å²) in [5.74, 6) is 0.988. The van der Waals surface area contributed by atoms with E-state index >= 15 is 0 Å². The molecule has 82 valence electrons. The molecule has 0 radical (unpaired) electrons. The van der Waals surface area contributed by atoms with Crippen LogP contribution < -0.4 is 5.73 Å². The Labute approximate surface area is 94.0 Å². The Kier molecular flexibility index (Phi) is 5.88. The number of rotatable bonds is 6. The van der Waals surface area contributed by atoms with E-state index in [1.807, 2.05) is 30.3 Å². The van der Waals surface area contributed by atoms with Crippen molar-refractivity contribution in [2.75, 3.05) is 18.1 Å². The highest BCUT2D eigenvalue weighted by Gasteiger charge is 2.02. The van der Waals surface area contributed by atoms with Crippen molar-refractivity contribution in [3.63, 3.8) is 0 Å². The molecule has 0 spiro atoms. The molecule has 0 aliphatic heterocycles. The average molecular weight is 225 g/mol. The number of hydrogen-bond acceptors (Lipinski definition) is 4. The summed E-state index contributed by atoms with van der Waals surface area (Å²) in [4.78, 5) is 11.2. The summed E-state index contributed by atoms with van der Waals surface area (Å²) in [5.41, 5.74) is 6.32. The standard InChI is InChI=1S/C11H15NO2S/c12-6-7-15-9-11(13)14-8-10-4-2-1-3-5-10/h1-5H,6-9,12H2. The molecule has 0 bridgehead atoms. The lowest BCUT2D eigenvalue weighted by molar-refractivity contribution is -0.141. The van der Waals surface area contributed by atoms with E-state index < -0.39 is 0 Å². The molecule has 0 aromatic heterocycles. The number of thioether (sulfide) groups is 1. The van der Waals surface area contributed by atoms with Gasteiger partial charge in [0.15, 0.2) is 0 Å². The van der Waals surface area contributed by atoms with Gasteiger partial charge >= 0.3 is 5.97 Å². The van der Waals surface area contributed by atoms with Gasteiger partial charge in [0.1, 0.15) is 6.61 Å². The fourth-order valence-electron chi connectivity index (χ4n) is 1.02. The third-order valence-corrected chi connectivity index (χ3v) is 2.69. The molecule has 3 nitrogen and oxygen atoms in total. The van der Waals surface area contributed by atoms with E-state index in [0.29, 0.717) is 18.9 Å². The number of esters is 1. The molecule has 4 heteroatoms. The summed E-state index contributed by atoms with van der Waals surface area (Å²) in [6.45, 7) is 0.944. The quantitative estimate of drug-likeness (QED) is 0.587. The Morgan fingerprint density at radius 1 is 1.33 bits per heavy atom. The van der Waals surface area contributed by atoms with Crippen molar-refractivity contribution in [2.24, 2.45) is 5.73 Å². The number of nitrogens with two attached hydrogens (primary N) is 1. The first-order valence-corrected chi connectivity index (χ1v) is 5.96. The van der Waals surface area contributed by atoms with Gasteiger partial charge in [-0.15, -0.1) is 11.8 Å². The van der Waals surface area contributed by atoms with Crippen LogP contribution >= 0.6 is 11.8 Å². The zero-order valence-corrected chi connectivity index (χ0v) is 9.33. The normalized spacial score (nSPS) is 9.93. The van der Waals surface area contributed by atoms with Gasteiger partial charge in [0, 0.05) is 12.3 Å². The van der Waals surface area contributed by atoms with Crippen molar-refractivity contribution in [2.45, 2.75) is 6.61 Å². The van der Waals surface area contributed by atoms with Crippen molar-refractivity contribution in [1.82, 2.24) is 0 Å². The predicted octanol–water partition coefficient (Wildman–Crippen LogP) is 1.42. The van der Waals surface area contributed by atoms with E-state index in [4.69, 9.17) is 10.5 Å². The lowest BCUT2D eigenvalue weighted by Crippen LogP contribution is -2.10. The molecule has 0 saturated carbocycles. The van der Waals surface area contributed by atoms with E-state index in [0.717, 1.165) is 11.3 Å². The third-order valence-electron chi connectivity index (χ3n) is 1.72. The number of carbonyl (C=O) groups is 1. The third kappa shape index (κ3) is 5.44. The van der Waals surface area contributed by atoms with Crippen LogP contribution in [0, 0.1) is 0 Å². The van der Waals surface area contributed by atoms with Gasteiger partial charge in [-0.25, -0.2) is 0 Å². The van der Waals surface area contributed by atoms with Gasteiger partial charge in [-0.2, -0.15) is 0 Å². The minimum atomic E-state index is -0.183. The van der Waals surface area contributed by atoms with E-state index in [9.17, 15) is 4.79 Å². The van der Waals surface area contributed by atoms with Crippen molar-refractivity contribution in [3.05, 3.63) is 35.9 Å². The summed E-state index contributed by atoms with van der Waals surface area (Å²) in [6, 6.07) is 9.64. The summed E-state index contributed by atoms with van der Waals surface area (Å²) in [7, 11) is 0. The zero-order chi connectivity index (χ0) is 10.9. The van der Waals surface area contributed by atoms with Crippen LogP contribution in [0.5, 0.6) is 0 Å². The zero-order valence-electron chi connectivity index (χ0n) is 8.52. The van der Waals surface area contributed by atoms with Gasteiger partial charge in [-0.05, 0) is 5.56 Å². The van der Waals surface area contributed by atoms with Crippen molar-refractivity contribution in [3.8, 4) is 0 Å². The minimum Gasteiger partial charge on any atom is -0.460 e. The number of ether oxygens (including phenoxy) is 1. The van der Waals surface area contributed by atoms with Crippen LogP contribution in [0.2, 0.25) is 0 Å². The van der Waals surface area contributed by atoms with Crippen LogP contribution in [0.25, 0.3) is 0 Å². The van der Waals surface area contributed by atoms with Gasteiger partial charge in [0.05, 0.1) is 5.75 Å². The summed E-state index contributed by atoms with van der Waals surface area (Å²) in [5, 5.41) is 0. The first kappa shape index (κ1) is 12.1. The Morgan fingerprint density at radius 2 is 2.07 bits per heavy atom. The summed E-state index contributed by atoms with van der Waals surface area (Å²) in [6.07, 6.45) is 0. The second-order valence-corrected chi connectivity index (χ2v) is 4.09. The molecule has 0 atom stereocenters. The first-order chi connectivity index (χ1) is 7.33.